The van der Waals surface area contributed by atoms with Crippen LogP contribution < -0.4 is 15.4 Å². The van der Waals surface area contributed by atoms with Crippen molar-refractivity contribution in [2.45, 2.75) is 19.0 Å². The lowest BCUT2D eigenvalue weighted by Crippen LogP contribution is -2.44. The molecule has 0 fully saturated rings. The van der Waals surface area contributed by atoms with Crippen molar-refractivity contribution in [1.29, 1.82) is 5.26 Å². The standard InChI is InChI=1S/C25H22F3N3O5S/c1-3-36-15-10-8-14(9-11-15)20-16(12-29)23(31-22(33)21(20)24(34)35-2)37-13-19(32)30-18-7-5-4-6-17(18)25(26,27)28/h4-11,20-21H,3,13H2,1-2H3,(H,30,32)(H,31,33)/t20-,21-/m0/s1. The van der Waals surface area contributed by atoms with E-state index in [9.17, 15) is 32.8 Å². The van der Waals surface area contributed by atoms with Crippen LogP contribution in [0.3, 0.4) is 0 Å². The van der Waals surface area contributed by atoms with Gasteiger partial charge in [-0.15, -0.1) is 0 Å². The number of nitrogens with one attached hydrogen (secondary N) is 2. The van der Waals surface area contributed by atoms with E-state index in [2.05, 4.69) is 10.6 Å². The summed E-state index contributed by atoms with van der Waals surface area (Å²) < 4.78 is 49.9. The monoisotopic (exact) mass is 533 g/mol. The van der Waals surface area contributed by atoms with Crippen molar-refractivity contribution >= 4 is 35.2 Å². The Labute approximate surface area is 214 Å². The Morgan fingerprint density at radius 3 is 2.43 bits per heavy atom. The van der Waals surface area contributed by atoms with Crippen molar-refractivity contribution in [2.75, 3.05) is 24.8 Å². The quantitative estimate of drug-likeness (QED) is 0.386. The minimum atomic E-state index is -4.67. The fourth-order valence-electron chi connectivity index (χ4n) is 3.78. The summed E-state index contributed by atoms with van der Waals surface area (Å²) >= 11 is 0.761. The molecule has 2 amide bonds. The van der Waals surface area contributed by atoms with Crippen LogP contribution in [0.5, 0.6) is 5.75 Å². The molecule has 194 valence electrons. The van der Waals surface area contributed by atoms with Gasteiger partial charge in [0.1, 0.15) is 11.7 Å². The topological polar surface area (TPSA) is 118 Å². The normalized spacial score (nSPS) is 17.5. The molecule has 2 aromatic carbocycles. The highest BCUT2D eigenvalue weighted by Crippen LogP contribution is 2.41. The van der Waals surface area contributed by atoms with E-state index in [1.54, 1.807) is 24.3 Å². The largest absolute Gasteiger partial charge is 0.494 e. The SMILES string of the molecule is CCOc1ccc([C@H]2C(C#N)=C(SCC(=O)Nc3ccccc3C(F)(F)F)NC(=O)[C@H]2C(=O)OC)cc1. The lowest BCUT2D eigenvalue weighted by molar-refractivity contribution is -0.150. The van der Waals surface area contributed by atoms with E-state index < -0.39 is 52.8 Å². The average Bonchev–Trinajstić information content (AvgIpc) is 2.87. The molecule has 3 rings (SSSR count). The van der Waals surface area contributed by atoms with Gasteiger partial charge in [-0.25, -0.2) is 0 Å². The summed E-state index contributed by atoms with van der Waals surface area (Å²) in [5.41, 5.74) is -0.951. The lowest BCUT2D eigenvalue weighted by Gasteiger charge is -2.31. The number of methoxy groups -OCH3 is 1. The first-order valence-corrected chi connectivity index (χ1v) is 11.9. The van der Waals surface area contributed by atoms with E-state index in [1.807, 2.05) is 13.0 Å². The predicted octanol–water partition coefficient (Wildman–Crippen LogP) is 4.21. The zero-order valence-corrected chi connectivity index (χ0v) is 20.5. The maximum atomic E-state index is 13.2. The number of halogens is 3. The van der Waals surface area contributed by atoms with Gasteiger partial charge in [-0.05, 0) is 36.8 Å². The third-order valence-electron chi connectivity index (χ3n) is 5.39. The number of ether oxygens (including phenoxy) is 2. The van der Waals surface area contributed by atoms with Crippen LogP contribution in [0.1, 0.15) is 24.0 Å². The third kappa shape index (κ3) is 6.42. The predicted molar refractivity (Wildman–Crippen MR) is 129 cm³/mol. The van der Waals surface area contributed by atoms with E-state index in [0.29, 0.717) is 17.9 Å². The summed E-state index contributed by atoms with van der Waals surface area (Å²) in [6, 6.07) is 13.0. The van der Waals surface area contributed by atoms with Gasteiger partial charge in [0.15, 0.2) is 0 Å². The Bertz CT molecular complexity index is 1260. The summed E-state index contributed by atoms with van der Waals surface area (Å²) in [6.45, 7) is 2.24. The molecule has 8 nitrogen and oxygen atoms in total. The molecule has 2 atom stereocenters. The number of allylic oxidation sites excluding steroid dienone is 1. The molecule has 0 aromatic heterocycles. The fourth-order valence-corrected chi connectivity index (χ4v) is 4.63. The number of carbonyl (C=O) groups is 3. The minimum absolute atomic E-state index is 0.00708. The van der Waals surface area contributed by atoms with E-state index >= 15 is 0 Å². The van der Waals surface area contributed by atoms with Crippen LogP contribution in [-0.2, 0) is 25.3 Å². The van der Waals surface area contributed by atoms with Gasteiger partial charge in [0, 0.05) is 5.92 Å². The minimum Gasteiger partial charge on any atom is -0.494 e. The number of amides is 2. The van der Waals surface area contributed by atoms with Crippen LogP contribution >= 0.6 is 11.8 Å². The summed E-state index contributed by atoms with van der Waals surface area (Å²) in [7, 11) is 1.12. The van der Waals surface area contributed by atoms with Gasteiger partial charge in [0.05, 0.1) is 47.4 Å². The van der Waals surface area contributed by atoms with Crippen molar-refractivity contribution in [1.82, 2.24) is 5.32 Å². The Morgan fingerprint density at radius 1 is 1.16 bits per heavy atom. The van der Waals surface area contributed by atoms with Crippen LogP contribution in [0.25, 0.3) is 0 Å². The first-order chi connectivity index (χ1) is 17.6. The molecule has 0 saturated carbocycles. The molecule has 12 heteroatoms. The van der Waals surface area contributed by atoms with Gasteiger partial charge >= 0.3 is 12.1 Å². The number of para-hydroxylation sites is 1. The Balaban J connectivity index is 1.89. The number of nitriles is 1. The van der Waals surface area contributed by atoms with Gasteiger partial charge in [0.2, 0.25) is 11.8 Å². The number of hydrogen-bond donors (Lipinski definition) is 2. The molecular weight excluding hydrogens is 511 g/mol. The van der Waals surface area contributed by atoms with Crippen LogP contribution in [0, 0.1) is 17.2 Å². The highest BCUT2D eigenvalue weighted by molar-refractivity contribution is 8.03. The number of thioether (sulfide) groups is 1. The average molecular weight is 534 g/mol. The van der Waals surface area contributed by atoms with Gasteiger partial charge in [0.25, 0.3) is 0 Å². The number of carbonyl (C=O) groups excluding carboxylic acids is 3. The lowest BCUT2D eigenvalue weighted by atomic mass is 9.78. The van der Waals surface area contributed by atoms with Gasteiger partial charge < -0.3 is 20.1 Å². The van der Waals surface area contributed by atoms with Crippen molar-refractivity contribution < 1.29 is 37.0 Å². The Morgan fingerprint density at radius 2 is 1.84 bits per heavy atom. The fraction of sp³-hybridized carbons (Fsp3) is 0.280. The molecule has 1 aliphatic heterocycles. The highest BCUT2D eigenvalue weighted by Gasteiger charge is 2.44. The zero-order valence-electron chi connectivity index (χ0n) is 19.7. The second-order valence-corrected chi connectivity index (χ2v) is 8.69. The van der Waals surface area contributed by atoms with Crippen molar-refractivity contribution in [3.63, 3.8) is 0 Å². The van der Waals surface area contributed by atoms with Crippen LogP contribution in [0.15, 0.2) is 59.1 Å². The summed E-state index contributed by atoms with van der Waals surface area (Å²) in [6.07, 6.45) is -4.67. The molecule has 0 spiro atoms. The maximum absolute atomic E-state index is 13.2. The summed E-state index contributed by atoms with van der Waals surface area (Å²) in [4.78, 5) is 37.8. The molecule has 2 aromatic rings. The molecule has 0 radical (unpaired) electrons. The first kappa shape index (κ1) is 27.6. The highest BCUT2D eigenvalue weighted by atomic mass is 32.2. The van der Waals surface area contributed by atoms with Gasteiger partial charge in [-0.3, -0.25) is 14.4 Å². The summed E-state index contributed by atoms with van der Waals surface area (Å²) in [5.74, 6) is -4.62. The third-order valence-corrected chi connectivity index (χ3v) is 6.41. The number of alkyl halides is 3. The van der Waals surface area contributed by atoms with Crippen molar-refractivity contribution in [3.05, 3.63) is 70.3 Å². The van der Waals surface area contributed by atoms with E-state index in [-0.39, 0.29) is 10.6 Å². The number of nitrogens with zero attached hydrogens (tertiary/aromatic N) is 1. The molecule has 1 aliphatic rings. The van der Waals surface area contributed by atoms with E-state index in [4.69, 9.17) is 9.47 Å². The zero-order chi connectivity index (χ0) is 27.2. The number of hydrogen-bond acceptors (Lipinski definition) is 7. The second-order valence-electron chi connectivity index (χ2n) is 7.70. The maximum Gasteiger partial charge on any atom is 0.418 e. The molecule has 0 unspecified atom stereocenters. The van der Waals surface area contributed by atoms with Crippen LogP contribution in [0.2, 0.25) is 0 Å². The molecule has 0 aliphatic carbocycles. The smallest absolute Gasteiger partial charge is 0.418 e. The number of benzene rings is 2. The summed E-state index contributed by atoms with van der Waals surface area (Å²) in [5, 5.41) is 14.6. The van der Waals surface area contributed by atoms with E-state index in [1.165, 1.54) is 12.1 Å². The second kappa shape index (κ2) is 11.8. The number of rotatable bonds is 8. The molecule has 1 heterocycles. The van der Waals surface area contributed by atoms with Gasteiger partial charge in [-0.1, -0.05) is 36.0 Å². The number of anilines is 1. The number of esters is 1. The molecule has 2 N–H and O–H groups in total. The molecular formula is C25H22F3N3O5S. The van der Waals surface area contributed by atoms with E-state index in [0.717, 1.165) is 31.0 Å². The Kier molecular flexibility index (Phi) is 8.83. The van der Waals surface area contributed by atoms with Crippen LogP contribution in [0.4, 0.5) is 18.9 Å². The molecule has 37 heavy (non-hydrogen) atoms. The van der Waals surface area contributed by atoms with Crippen molar-refractivity contribution in [2.24, 2.45) is 5.92 Å². The Hall–Kier alpha value is -3.98. The molecule has 0 bridgehead atoms. The van der Waals surface area contributed by atoms with Gasteiger partial charge in [-0.2, -0.15) is 18.4 Å². The molecule has 0 saturated heterocycles. The first-order valence-electron chi connectivity index (χ1n) is 10.9. The van der Waals surface area contributed by atoms with Crippen molar-refractivity contribution in [3.8, 4) is 11.8 Å². The van der Waals surface area contributed by atoms with Crippen LogP contribution in [-0.4, -0.2) is 37.3 Å².